The lowest BCUT2D eigenvalue weighted by molar-refractivity contribution is -0.133. The second-order valence-electron chi connectivity index (χ2n) is 5.46. The van der Waals surface area contributed by atoms with Gasteiger partial charge in [0.2, 0.25) is 5.91 Å². The zero-order chi connectivity index (χ0) is 12.1. The topological polar surface area (TPSA) is 46.3 Å². The van der Waals surface area contributed by atoms with E-state index in [1.54, 1.807) is 0 Å². The molecule has 2 N–H and O–H groups in total. The van der Waals surface area contributed by atoms with Gasteiger partial charge in [0.1, 0.15) is 0 Å². The van der Waals surface area contributed by atoms with E-state index < -0.39 is 0 Å². The molecule has 1 amide bonds. The summed E-state index contributed by atoms with van der Waals surface area (Å²) in [6.07, 6.45) is 4.39. The SMILES string of the molecule is CCCN(CC1CC1)C(=O)[C@@H](N)CC(C)C.Cl. The molecule has 1 atom stereocenters. The molecule has 17 heavy (non-hydrogen) atoms. The molecular formula is C13H27ClN2O. The lowest BCUT2D eigenvalue weighted by Gasteiger charge is -2.26. The fourth-order valence-electron chi connectivity index (χ4n) is 2.02. The monoisotopic (exact) mass is 262 g/mol. The van der Waals surface area contributed by atoms with Crippen molar-refractivity contribution in [3.8, 4) is 0 Å². The maximum Gasteiger partial charge on any atom is 0.239 e. The Morgan fingerprint density at radius 2 is 2.00 bits per heavy atom. The van der Waals surface area contributed by atoms with E-state index in [2.05, 4.69) is 20.8 Å². The second-order valence-corrected chi connectivity index (χ2v) is 5.46. The van der Waals surface area contributed by atoms with Crippen molar-refractivity contribution in [3.05, 3.63) is 0 Å². The van der Waals surface area contributed by atoms with Gasteiger partial charge in [0, 0.05) is 13.1 Å². The van der Waals surface area contributed by atoms with Crippen molar-refractivity contribution in [2.45, 2.75) is 52.5 Å². The number of hydrogen-bond acceptors (Lipinski definition) is 2. The Morgan fingerprint density at radius 1 is 1.41 bits per heavy atom. The fraction of sp³-hybridized carbons (Fsp3) is 0.923. The van der Waals surface area contributed by atoms with Gasteiger partial charge < -0.3 is 10.6 Å². The van der Waals surface area contributed by atoms with Crippen molar-refractivity contribution in [3.63, 3.8) is 0 Å². The third-order valence-electron chi connectivity index (χ3n) is 3.02. The third kappa shape index (κ3) is 6.27. The molecule has 0 aliphatic heterocycles. The molecule has 1 saturated carbocycles. The first-order valence-corrected chi connectivity index (χ1v) is 6.59. The van der Waals surface area contributed by atoms with Crippen LogP contribution in [0, 0.1) is 11.8 Å². The molecule has 0 bridgehead atoms. The Bertz CT molecular complexity index is 229. The van der Waals surface area contributed by atoms with Crippen LogP contribution in [-0.4, -0.2) is 29.9 Å². The minimum atomic E-state index is -0.301. The average Bonchev–Trinajstić information content (AvgIpc) is 2.99. The van der Waals surface area contributed by atoms with Gasteiger partial charge in [-0.3, -0.25) is 4.79 Å². The molecule has 0 aromatic rings. The molecule has 0 aromatic heterocycles. The van der Waals surface area contributed by atoms with Crippen LogP contribution in [0.4, 0.5) is 0 Å². The van der Waals surface area contributed by atoms with Crippen molar-refractivity contribution < 1.29 is 4.79 Å². The van der Waals surface area contributed by atoms with Crippen LogP contribution in [-0.2, 0) is 4.79 Å². The Morgan fingerprint density at radius 3 is 2.41 bits per heavy atom. The Balaban J connectivity index is 0.00000256. The predicted molar refractivity (Wildman–Crippen MR) is 74.3 cm³/mol. The van der Waals surface area contributed by atoms with Crippen LogP contribution < -0.4 is 5.73 Å². The van der Waals surface area contributed by atoms with Gasteiger partial charge in [-0.2, -0.15) is 0 Å². The highest BCUT2D eigenvalue weighted by atomic mass is 35.5. The van der Waals surface area contributed by atoms with E-state index in [-0.39, 0.29) is 24.4 Å². The van der Waals surface area contributed by atoms with E-state index in [4.69, 9.17) is 5.73 Å². The Labute approximate surface area is 112 Å². The number of nitrogens with two attached hydrogens (primary N) is 1. The second kappa shape index (κ2) is 7.93. The molecule has 3 nitrogen and oxygen atoms in total. The van der Waals surface area contributed by atoms with Gasteiger partial charge in [0.15, 0.2) is 0 Å². The van der Waals surface area contributed by atoms with Gasteiger partial charge in [-0.25, -0.2) is 0 Å². The number of carbonyl (C=O) groups is 1. The average molecular weight is 263 g/mol. The maximum absolute atomic E-state index is 12.1. The van der Waals surface area contributed by atoms with Gasteiger partial charge in [0.05, 0.1) is 6.04 Å². The van der Waals surface area contributed by atoms with Crippen LogP contribution >= 0.6 is 12.4 Å². The summed E-state index contributed by atoms with van der Waals surface area (Å²) in [7, 11) is 0. The Hall–Kier alpha value is -0.280. The van der Waals surface area contributed by atoms with Gasteiger partial charge in [-0.05, 0) is 37.5 Å². The number of nitrogens with zero attached hydrogens (tertiary/aromatic N) is 1. The van der Waals surface area contributed by atoms with E-state index in [1.165, 1.54) is 12.8 Å². The minimum Gasteiger partial charge on any atom is -0.341 e. The summed E-state index contributed by atoms with van der Waals surface area (Å²) >= 11 is 0. The van der Waals surface area contributed by atoms with Crippen LogP contribution in [0.15, 0.2) is 0 Å². The fourth-order valence-corrected chi connectivity index (χ4v) is 2.02. The van der Waals surface area contributed by atoms with Gasteiger partial charge in [-0.1, -0.05) is 20.8 Å². The summed E-state index contributed by atoms with van der Waals surface area (Å²) in [5, 5.41) is 0. The lowest BCUT2D eigenvalue weighted by atomic mass is 10.0. The molecule has 0 saturated heterocycles. The number of amides is 1. The number of carbonyl (C=O) groups excluding carboxylic acids is 1. The molecule has 1 aliphatic carbocycles. The summed E-state index contributed by atoms with van der Waals surface area (Å²) in [6.45, 7) is 8.12. The van der Waals surface area contributed by atoms with E-state index in [1.807, 2.05) is 4.90 Å². The largest absolute Gasteiger partial charge is 0.341 e. The zero-order valence-corrected chi connectivity index (χ0v) is 12.1. The summed E-state index contributed by atoms with van der Waals surface area (Å²) in [6, 6.07) is -0.301. The predicted octanol–water partition coefficient (Wildman–Crippen LogP) is 2.43. The molecule has 0 heterocycles. The van der Waals surface area contributed by atoms with Gasteiger partial charge in [-0.15, -0.1) is 12.4 Å². The molecule has 1 aliphatic rings. The molecule has 0 aromatic carbocycles. The molecule has 0 radical (unpaired) electrons. The van der Waals surface area contributed by atoms with Crippen molar-refractivity contribution in [2.24, 2.45) is 17.6 Å². The van der Waals surface area contributed by atoms with E-state index in [0.29, 0.717) is 5.92 Å². The number of hydrogen-bond donors (Lipinski definition) is 1. The number of halogens is 1. The summed E-state index contributed by atoms with van der Waals surface area (Å²) in [5.74, 6) is 1.40. The zero-order valence-electron chi connectivity index (χ0n) is 11.3. The standard InChI is InChI=1S/C13H26N2O.ClH/c1-4-7-15(9-11-5-6-11)13(16)12(14)8-10(2)3;/h10-12H,4-9,14H2,1-3H3;1H/t12-;/m0./s1. The van der Waals surface area contributed by atoms with Crippen LogP contribution in [0.5, 0.6) is 0 Å². The van der Waals surface area contributed by atoms with Gasteiger partial charge in [0.25, 0.3) is 0 Å². The normalized spacial score (nSPS) is 16.5. The molecule has 0 unspecified atom stereocenters. The van der Waals surface area contributed by atoms with Crippen LogP contribution in [0.2, 0.25) is 0 Å². The smallest absolute Gasteiger partial charge is 0.239 e. The third-order valence-corrected chi connectivity index (χ3v) is 3.02. The highest BCUT2D eigenvalue weighted by Crippen LogP contribution is 2.30. The summed E-state index contributed by atoms with van der Waals surface area (Å²) in [4.78, 5) is 14.1. The van der Waals surface area contributed by atoms with E-state index >= 15 is 0 Å². The summed E-state index contributed by atoms with van der Waals surface area (Å²) < 4.78 is 0. The first-order valence-electron chi connectivity index (χ1n) is 6.59. The first-order chi connectivity index (χ1) is 7.54. The van der Waals surface area contributed by atoms with Crippen LogP contribution in [0.3, 0.4) is 0 Å². The van der Waals surface area contributed by atoms with Crippen molar-refractivity contribution in [1.82, 2.24) is 4.90 Å². The number of rotatable bonds is 7. The first kappa shape index (κ1) is 16.7. The highest BCUT2D eigenvalue weighted by molar-refractivity contribution is 5.85. The van der Waals surface area contributed by atoms with Crippen molar-refractivity contribution in [1.29, 1.82) is 0 Å². The van der Waals surface area contributed by atoms with E-state index in [9.17, 15) is 4.79 Å². The maximum atomic E-state index is 12.1. The van der Waals surface area contributed by atoms with Gasteiger partial charge >= 0.3 is 0 Å². The molecular weight excluding hydrogens is 236 g/mol. The molecule has 1 rings (SSSR count). The van der Waals surface area contributed by atoms with Crippen LogP contribution in [0.1, 0.15) is 46.5 Å². The Kier molecular flexibility index (Phi) is 7.80. The van der Waals surface area contributed by atoms with Crippen molar-refractivity contribution in [2.75, 3.05) is 13.1 Å². The van der Waals surface area contributed by atoms with E-state index in [0.717, 1.165) is 31.8 Å². The minimum absolute atomic E-state index is 0. The molecule has 4 heteroatoms. The lowest BCUT2D eigenvalue weighted by Crippen LogP contribution is -2.45. The molecule has 0 spiro atoms. The molecule has 1 fully saturated rings. The quantitative estimate of drug-likeness (QED) is 0.766. The van der Waals surface area contributed by atoms with Crippen molar-refractivity contribution >= 4 is 18.3 Å². The van der Waals surface area contributed by atoms with Crippen LogP contribution in [0.25, 0.3) is 0 Å². The summed E-state index contributed by atoms with van der Waals surface area (Å²) in [5.41, 5.74) is 5.95. The molecule has 102 valence electrons. The highest BCUT2D eigenvalue weighted by Gasteiger charge is 2.28.